The minimum absolute atomic E-state index is 0.137. The molecule has 1 aliphatic heterocycles. The van der Waals surface area contributed by atoms with Crippen LogP contribution in [0.2, 0.25) is 0 Å². The molecule has 0 spiro atoms. The first-order valence-electron chi connectivity index (χ1n) is 7.51. The lowest BCUT2D eigenvalue weighted by atomic mass is 10.1. The highest BCUT2D eigenvalue weighted by molar-refractivity contribution is 7.99. The number of carbonyl (C=O) groups is 1. The number of nitrogens with zero attached hydrogens (tertiary/aromatic N) is 3. The molecule has 0 radical (unpaired) electrons. The summed E-state index contributed by atoms with van der Waals surface area (Å²) in [4.78, 5) is 18.7. The largest absolute Gasteiger partial charge is 0.336 e. The number of imidazole rings is 1. The predicted molar refractivity (Wildman–Crippen MR) is 88.9 cm³/mol. The Morgan fingerprint density at radius 3 is 2.83 bits per heavy atom. The summed E-state index contributed by atoms with van der Waals surface area (Å²) >= 11 is 1.85. The molecular formula is C16H19FN4OS. The van der Waals surface area contributed by atoms with Gasteiger partial charge in [-0.05, 0) is 17.7 Å². The van der Waals surface area contributed by atoms with Crippen LogP contribution in [0.15, 0.2) is 36.7 Å². The van der Waals surface area contributed by atoms with E-state index in [1.807, 2.05) is 29.6 Å². The fraction of sp³-hybridized carbons (Fsp3) is 0.375. The summed E-state index contributed by atoms with van der Waals surface area (Å²) in [7, 11) is 1.86. The van der Waals surface area contributed by atoms with Gasteiger partial charge in [0.2, 0.25) is 0 Å². The zero-order valence-corrected chi connectivity index (χ0v) is 13.7. The van der Waals surface area contributed by atoms with Crippen LogP contribution in [0.5, 0.6) is 0 Å². The van der Waals surface area contributed by atoms with Gasteiger partial charge in [0.25, 0.3) is 0 Å². The van der Waals surface area contributed by atoms with E-state index in [1.54, 1.807) is 23.2 Å². The third-order valence-corrected chi connectivity index (χ3v) is 4.81. The molecule has 1 N–H and O–H groups in total. The summed E-state index contributed by atoms with van der Waals surface area (Å²) < 4.78 is 15.4. The molecule has 122 valence electrons. The summed E-state index contributed by atoms with van der Waals surface area (Å²) in [6.45, 7) is 1.46. The van der Waals surface area contributed by atoms with Crippen LogP contribution in [0.1, 0.15) is 17.4 Å². The van der Waals surface area contributed by atoms with Crippen LogP contribution < -0.4 is 5.32 Å². The van der Waals surface area contributed by atoms with E-state index in [2.05, 4.69) is 10.3 Å². The molecule has 3 rings (SSSR count). The topological polar surface area (TPSA) is 50.2 Å². The fourth-order valence-electron chi connectivity index (χ4n) is 2.62. The first kappa shape index (κ1) is 15.9. The summed E-state index contributed by atoms with van der Waals surface area (Å²) in [5, 5.41) is 3.00. The highest BCUT2D eigenvalue weighted by Gasteiger charge is 2.24. The predicted octanol–water partition coefficient (Wildman–Crippen LogP) is 2.41. The third-order valence-electron chi connectivity index (χ3n) is 3.86. The number of amides is 2. The van der Waals surface area contributed by atoms with Gasteiger partial charge in [0, 0.05) is 44.0 Å². The Morgan fingerprint density at radius 2 is 2.17 bits per heavy atom. The van der Waals surface area contributed by atoms with Gasteiger partial charge in [0.1, 0.15) is 17.7 Å². The number of hydrogen-bond acceptors (Lipinski definition) is 3. The molecule has 1 aromatic heterocycles. The summed E-state index contributed by atoms with van der Waals surface area (Å²) in [6.07, 6.45) is 3.48. The van der Waals surface area contributed by atoms with Crippen molar-refractivity contribution in [2.75, 3.05) is 24.6 Å². The first-order chi connectivity index (χ1) is 11.1. The maximum Gasteiger partial charge on any atom is 0.318 e. The van der Waals surface area contributed by atoms with Crippen molar-refractivity contribution in [1.82, 2.24) is 19.8 Å². The Kier molecular flexibility index (Phi) is 4.85. The molecule has 2 aromatic rings. The number of nitrogens with one attached hydrogen (secondary N) is 1. The van der Waals surface area contributed by atoms with Crippen LogP contribution in [0.4, 0.5) is 9.18 Å². The van der Waals surface area contributed by atoms with Crippen molar-refractivity contribution >= 4 is 17.8 Å². The van der Waals surface area contributed by atoms with Gasteiger partial charge in [0.15, 0.2) is 0 Å². The molecule has 2 amide bonds. The number of aryl methyl sites for hydroxylation is 1. The van der Waals surface area contributed by atoms with Crippen LogP contribution in [0.3, 0.4) is 0 Å². The molecule has 23 heavy (non-hydrogen) atoms. The van der Waals surface area contributed by atoms with E-state index >= 15 is 0 Å². The molecule has 1 atom stereocenters. The van der Waals surface area contributed by atoms with Crippen LogP contribution in [-0.4, -0.2) is 45.1 Å². The maximum atomic E-state index is 13.6. The Labute approximate surface area is 138 Å². The zero-order valence-electron chi connectivity index (χ0n) is 12.9. The molecular weight excluding hydrogens is 315 g/mol. The van der Waals surface area contributed by atoms with E-state index in [9.17, 15) is 9.18 Å². The van der Waals surface area contributed by atoms with Crippen LogP contribution in [-0.2, 0) is 7.05 Å². The van der Waals surface area contributed by atoms with Gasteiger partial charge < -0.3 is 14.8 Å². The Hall–Kier alpha value is -2.02. The van der Waals surface area contributed by atoms with Gasteiger partial charge in [-0.2, -0.15) is 11.8 Å². The standard InChI is InChI=1S/C16H19FN4OS/c1-20-6-5-18-15(20)14(12-3-2-4-13(17)11-12)19-16(22)21-7-9-23-10-8-21/h2-6,11,14H,7-10H2,1H3,(H,19,22)/t14-/m0/s1. The summed E-state index contributed by atoms with van der Waals surface area (Å²) in [5.74, 6) is 2.24. The number of benzene rings is 1. The van der Waals surface area contributed by atoms with Gasteiger partial charge in [-0.15, -0.1) is 0 Å². The zero-order chi connectivity index (χ0) is 16.2. The average Bonchev–Trinajstić information content (AvgIpc) is 2.99. The molecule has 5 nitrogen and oxygen atoms in total. The van der Waals surface area contributed by atoms with Crippen molar-refractivity contribution in [3.63, 3.8) is 0 Å². The molecule has 1 saturated heterocycles. The molecule has 0 aliphatic carbocycles. The minimum Gasteiger partial charge on any atom is -0.336 e. The lowest BCUT2D eigenvalue weighted by Gasteiger charge is -2.29. The summed E-state index contributed by atoms with van der Waals surface area (Å²) in [5.41, 5.74) is 0.680. The number of hydrogen-bond donors (Lipinski definition) is 1. The molecule has 0 saturated carbocycles. The third kappa shape index (κ3) is 3.67. The van der Waals surface area contributed by atoms with E-state index in [0.717, 1.165) is 24.6 Å². The molecule has 1 fully saturated rings. The van der Waals surface area contributed by atoms with E-state index < -0.39 is 6.04 Å². The molecule has 0 unspecified atom stereocenters. The lowest BCUT2D eigenvalue weighted by Crippen LogP contribution is -2.46. The molecule has 1 aliphatic rings. The first-order valence-corrected chi connectivity index (χ1v) is 8.66. The number of thioether (sulfide) groups is 1. The smallest absolute Gasteiger partial charge is 0.318 e. The van der Waals surface area contributed by atoms with Crippen molar-refractivity contribution in [1.29, 1.82) is 0 Å². The van der Waals surface area contributed by atoms with E-state index in [-0.39, 0.29) is 11.8 Å². The minimum atomic E-state index is -0.479. The van der Waals surface area contributed by atoms with E-state index in [0.29, 0.717) is 11.4 Å². The number of aromatic nitrogens is 2. The molecule has 0 bridgehead atoms. The second-order valence-corrected chi connectivity index (χ2v) is 6.66. The normalized spacial score (nSPS) is 16.2. The number of carbonyl (C=O) groups excluding carboxylic acids is 1. The van der Waals surface area contributed by atoms with Gasteiger partial charge in [-0.25, -0.2) is 14.2 Å². The van der Waals surface area contributed by atoms with Gasteiger partial charge >= 0.3 is 6.03 Å². The van der Waals surface area contributed by atoms with Gasteiger partial charge in [-0.3, -0.25) is 0 Å². The lowest BCUT2D eigenvalue weighted by molar-refractivity contribution is 0.200. The number of halogens is 1. The highest BCUT2D eigenvalue weighted by Crippen LogP contribution is 2.22. The second kappa shape index (κ2) is 7.04. The van der Waals surface area contributed by atoms with Crippen molar-refractivity contribution in [2.45, 2.75) is 6.04 Å². The Bertz CT molecular complexity index is 684. The van der Waals surface area contributed by atoms with Crippen molar-refractivity contribution in [2.24, 2.45) is 7.05 Å². The number of urea groups is 1. The second-order valence-electron chi connectivity index (χ2n) is 5.43. The van der Waals surface area contributed by atoms with Crippen molar-refractivity contribution in [3.8, 4) is 0 Å². The van der Waals surface area contributed by atoms with Gasteiger partial charge in [-0.1, -0.05) is 12.1 Å². The van der Waals surface area contributed by atoms with Gasteiger partial charge in [0.05, 0.1) is 0 Å². The average molecular weight is 334 g/mol. The molecule has 1 aromatic carbocycles. The maximum absolute atomic E-state index is 13.6. The van der Waals surface area contributed by atoms with Crippen molar-refractivity contribution in [3.05, 3.63) is 53.9 Å². The SMILES string of the molecule is Cn1ccnc1[C@@H](NC(=O)N1CCSCC1)c1cccc(F)c1. The monoisotopic (exact) mass is 334 g/mol. The van der Waals surface area contributed by atoms with E-state index in [1.165, 1.54) is 12.1 Å². The Morgan fingerprint density at radius 1 is 1.39 bits per heavy atom. The fourth-order valence-corrected chi connectivity index (χ4v) is 3.52. The highest BCUT2D eigenvalue weighted by atomic mass is 32.2. The number of rotatable bonds is 3. The van der Waals surface area contributed by atoms with Crippen molar-refractivity contribution < 1.29 is 9.18 Å². The Balaban J connectivity index is 1.86. The molecule has 7 heteroatoms. The van der Waals surface area contributed by atoms with Crippen LogP contribution in [0, 0.1) is 5.82 Å². The van der Waals surface area contributed by atoms with E-state index in [4.69, 9.17) is 0 Å². The van der Waals surface area contributed by atoms with Crippen LogP contribution in [0.25, 0.3) is 0 Å². The summed E-state index contributed by atoms with van der Waals surface area (Å²) in [6, 6.07) is 5.66. The molecule has 2 heterocycles. The quantitative estimate of drug-likeness (QED) is 0.938. The van der Waals surface area contributed by atoms with Crippen LogP contribution >= 0.6 is 11.8 Å².